The highest BCUT2D eigenvalue weighted by molar-refractivity contribution is 4.73. The number of hydrogen-bond donors (Lipinski definition) is 0. The molecule has 0 N–H and O–H groups in total. The van der Waals surface area contributed by atoms with Gasteiger partial charge < -0.3 is 0 Å². The van der Waals surface area contributed by atoms with Crippen molar-refractivity contribution in [3.8, 4) is 0 Å². The zero-order chi connectivity index (χ0) is 21.8. The third-order valence-electron chi connectivity index (χ3n) is 5.89. The summed E-state index contributed by atoms with van der Waals surface area (Å²) in [6.45, 7) is 10.8. The Balaban J connectivity index is 4.97. The first kappa shape index (κ1) is 28.8. The van der Waals surface area contributed by atoms with Crippen LogP contribution in [0.4, 0.5) is 8.78 Å². The van der Waals surface area contributed by atoms with Crippen LogP contribution in [0.3, 0.4) is 0 Å². The molecular formula is C25H52F2N2. The fourth-order valence-electron chi connectivity index (χ4n) is 3.88. The Morgan fingerprint density at radius 2 is 0.655 bits per heavy atom. The predicted molar refractivity (Wildman–Crippen MR) is 125 cm³/mol. The van der Waals surface area contributed by atoms with Crippen LogP contribution in [-0.4, -0.2) is 42.1 Å². The molecule has 0 bridgehead atoms. The van der Waals surface area contributed by atoms with E-state index in [1.807, 2.05) is 0 Å². The fraction of sp³-hybridized carbons (Fsp3) is 1.00. The SMILES string of the molecule is CCCCCCN(CCCCCC)C(F)(F)N(CCCCCC)CCCCCC. The van der Waals surface area contributed by atoms with E-state index in [9.17, 15) is 0 Å². The van der Waals surface area contributed by atoms with Crippen molar-refractivity contribution in [2.45, 2.75) is 137 Å². The van der Waals surface area contributed by atoms with Crippen molar-refractivity contribution < 1.29 is 8.78 Å². The Morgan fingerprint density at radius 3 is 0.862 bits per heavy atom. The Kier molecular flexibility index (Phi) is 19.6. The monoisotopic (exact) mass is 418 g/mol. The highest BCUT2D eigenvalue weighted by atomic mass is 19.3. The van der Waals surface area contributed by atoms with Crippen molar-refractivity contribution in [2.24, 2.45) is 0 Å². The molecule has 0 aromatic rings. The molecule has 0 aliphatic heterocycles. The second-order valence-electron chi connectivity index (χ2n) is 8.73. The molecule has 0 rings (SSSR count). The minimum absolute atomic E-state index is 0.527. The number of nitrogens with zero attached hydrogens (tertiary/aromatic N) is 2. The second-order valence-corrected chi connectivity index (χ2v) is 8.73. The molecule has 4 heteroatoms. The molecule has 176 valence electrons. The average molecular weight is 419 g/mol. The van der Waals surface area contributed by atoms with Crippen LogP contribution in [0.25, 0.3) is 0 Å². The Hall–Kier alpha value is -0.220. The standard InChI is InChI=1S/C25H52F2N2/c1-5-9-13-17-21-28(22-18-14-10-6-2)25(26,27)29(23-19-15-11-7-3)24-20-16-12-8-4/h5-24H2,1-4H3. The summed E-state index contributed by atoms with van der Waals surface area (Å²) in [5.74, 6) is 0. The topological polar surface area (TPSA) is 6.48 Å². The van der Waals surface area contributed by atoms with E-state index in [-0.39, 0.29) is 0 Å². The lowest BCUT2D eigenvalue weighted by Crippen LogP contribution is -2.56. The Labute approximate surface area is 181 Å². The molecule has 0 saturated carbocycles. The molecule has 0 aliphatic carbocycles. The van der Waals surface area contributed by atoms with Crippen LogP contribution in [0.2, 0.25) is 0 Å². The van der Waals surface area contributed by atoms with Gasteiger partial charge in [0.15, 0.2) is 0 Å². The summed E-state index contributed by atoms with van der Waals surface area (Å²) in [6.07, 6.45) is 14.1. The van der Waals surface area contributed by atoms with Gasteiger partial charge in [-0.3, -0.25) is 0 Å². The van der Waals surface area contributed by atoms with E-state index in [1.165, 1.54) is 9.80 Å². The van der Waals surface area contributed by atoms with Gasteiger partial charge in [0.05, 0.1) is 0 Å². The number of halogens is 2. The van der Waals surface area contributed by atoms with Crippen LogP contribution in [0.15, 0.2) is 0 Å². The van der Waals surface area contributed by atoms with Crippen LogP contribution in [0, 0.1) is 0 Å². The summed E-state index contributed by atoms with van der Waals surface area (Å²) in [5.41, 5.74) is 0. The van der Waals surface area contributed by atoms with Gasteiger partial charge in [-0.15, -0.1) is 0 Å². The normalized spacial score (nSPS) is 12.4. The lowest BCUT2D eigenvalue weighted by molar-refractivity contribution is -0.253. The summed E-state index contributed by atoms with van der Waals surface area (Å²) in [7, 11) is 0. The van der Waals surface area contributed by atoms with Gasteiger partial charge in [-0.25, -0.2) is 9.80 Å². The molecule has 0 aromatic carbocycles. The molecule has 0 unspecified atom stereocenters. The summed E-state index contributed by atoms with van der Waals surface area (Å²) in [4.78, 5) is 3.02. The van der Waals surface area contributed by atoms with Crippen LogP contribution < -0.4 is 0 Å². The lowest BCUT2D eigenvalue weighted by atomic mass is 10.1. The maximum absolute atomic E-state index is 15.6. The molecule has 0 atom stereocenters. The molecule has 0 aliphatic rings. The minimum Gasteiger partial charge on any atom is -0.230 e. The van der Waals surface area contributed by atoms with Crippen LogP contribution >= 0.6 is 0 Å². The quantitative estimate of drug-likeness (QED) is 0.0988. The largest absolute Gasteiger partial charge is 0.369 e. The highest BCUT2D eigenvalue weighted by Crippen LogP contribution is 2.28. The van der Waals surface area contributed by atoms with E-state index < -0.39 is 6.17 Å². The molecule has 29 heavy (non-hydrogen) atoms. The number of alkyl halides is 2. The van der Waals surface area contributed by atoms with Gasteiger partial charge in [-0.2, -0.15) is 8.78 Å². The summed E-state index contributed by atoms with van der Waals surface area (Å²) < 4.78 is 31.3. The van der Waals surface area contributed by atoms with Crippen molar-refractivity contribution in [1.82, 2.24) is 9.80 Å². The third kappa shape index (κ3) is 14.4. The second kappa shape index (κ2) is 19.7. The number of hydrogen-bond acceptors (Lipinski definition) is 2. The number of rotatable bonds is 22. The van der Waals surface area contributed by atoms with Gasteiger partial charge in [0.1, 0.15) is 0 Å². The Bertz CT molecular complexity index is 283. The molecule has 0 spiro atoms. The van der Waals surface area contributed by atoms with Gasteiger partial charge in [0.25, 0.3) is 0 Å². The molecule has 0 amide bonds. The van der Waals surface area contributed by atoms with Crippen LogP contribution in [-0.2, 0) is 0 Å². The minimum atomic E-state index is -2.81. The predicted octanol–water partition coefficient (Wildman–Crippen LogP) is 8.46. The third-order valence-corrected chi connectivity index (χ3v) is 5.89. The highest BCUT2D eigenvalue weighted by Gasteiger charge is 2.42. The van der Waals surface area contributed by atoms with Gasteiger partial charge in [0.2, 0.25) is 0 Å². The van der Waals surface area contributed by atoms with Crippen molar-refractivity contribution in [1.29, 1.82) is 0 Å². The molecule has 0 fully saturated rings. The van der Waals surface area contributed by atoms with E-state index >= 15 is 8.78 Å². The summed E-state index contributed by atoms with van der Waals surface area (Å²) in [5, 5.41) is 0. The van der Waals surface area contributed by atoms with E-state index in [4.69, 9.17) is 0 Å². The lowest BCUT2D eigenvalue weighted by Gasteiger charge is -2.39. The van der Waals surface area contributed by atoms with E-state index in [0.717, 1.165) is 103 Å². The van der Waals surface area contributed by atoms with Crippen LogP contribution in [0.5, 0.6) is 0 Å². The Morgan fingerprint density at radius 1 is 0.414 bits per heavy atom. The van der Waals surface area contributed by atoms with E-state index in [1.54, 1.807) is 0 Å². The zero-order valence-corrected chi connectivity index (χ0v) is 20.3. The van der Waals surface area contributed by atoms with Crippen molar-refractivity contribution >= 4 is 0 Å². The first-order chi connectivity index (χ1) is 14.0. The molecule has 2 nitrogen and oxygen atoms in total. The van der Waals surface area contributed by atoms with E-state index in [0.29, 0.717) is 26.2 Å². The van der Waals surface area contributed by atoms with Gasteiger partial charge >= 0.3 is 6.17 Å². The zero-order valence-electron chi connectivity index (χ0n) is 20.3. The van der Waals surface area contributed by atoms with Gasteiger partial charge in [-0.05, 0) is 25.7 Å². The smallest absolute Gasteiger partial charge is 0.230 e. The first-order valence-corrected chi connectivity index (χ1v) is 12.9. The van der Waals surface area contributed by atoms with E-state index in [2.05, 4.69) is 27.7 Å². The molecule has 0 saturated heterocycles. The number of unbranched alkanes of at least 4 members (excludes halogenated alkanes) is 12. The molecule has 0 aromatic heterocycles. The summed E-state index contributed by atoms with van der Waals surface area (Å²) in [6, 6.07) is 0. The maximum Gasteiger partial charge on any atom is 0.369 e. The average Bonchev–Trinajstić information content (AvgIpc) is 2.71. The van der Waals surface area contributed by atoms with Crippen molar-refractivity contribution in [2.75, 3.05) is 26.2 Å². The molecule has 0 radical (unpaired) electrons. The first-order valence-electron chi connectivity index (χ1n) is 12.9. The van der Waals surface area contributed by atoms with Crippen LogP contribution in [0.1, 0.15) is 130 Å². The van der Waals surface area contributed by atoms with Crippen molar-refractivity contribution in [3.05, 3.63) is 0 Å². The van der Waals surface area contributed by atoms with Crippen molar-refractivity contribution in [3.63, 3.8) is 0 Å². The summed E-state index contributed by atoms with van der Waals surface area (Å²) >= 11 is 0. The molecular weight excluding hydrogens is 366 g/mol. The molecule has 0 heterocycles. The van der Waals surface area contributed by atoms with Gasteiger partial charge in [0, 0.05) is 26.2 Å². The maximum atomic E-state index is 15.6. The van der Waals surface area contributed by atoms with Gasteiger partial charge in [-0.1, -0.05) is 105 Å². The fourth-order valence-corrected chi connectivity index (χ4v) is 3.88.